The largest absolute Gasteiger partial charge is 0.207 e. The molecule has 75 valence electrons. The van der Waals surface area contributed by atoms with Crippen LogP contribution in [0.4, 0.5) is 4.39 Å². The molecular formula is C13H16F. The van der Waals surface area contributed by atoms with Crippen molar-refractivity contribution in [3.8, 4) is 0 Å². The smallest absolute Gasteiger partial charge is 0.123 e. The predicted octanol–water partition coefficient (Wildman–Crippen LogP) is 3.77. The number of rotatable bonds is 4. The van der Waals surface area contributed by atoms with E-state index >= 15 is 0 Å². The topological polar surface area (TPSA) is 0 Å². The van der Waals surface area contributed by atoms with Crippen molar-refractivity contribution < 1.29 is 4.39 Å². The Kier molecular flexibility index (Phi) is 3.45. The molecule has 0 spiro atoms. The Morgan fingerprint density at radius 1 is 1.29 bits per heavy atom. The Hall–Kier alpha value is -1.11. The quantitative estimate of drug-likeness (QED) is 0.679. The summed E-state index contributed by atoms with van der Waals surface area (Å²) in [5.41, 5.74) is 1.30. The third-order valence-corrected chi connectivity index (χ3v) is 2.27. The van der Waals surface area contributed by atoms with Gasteiger partial charge in [-0.15, -0.1) is 0 Å². The first-order chi connectivity index (χ1) is 6.53. The second kappa shape index (κ2) is 4.41. The lowest BCUT2D eigenvalue weighted by Gasteiger charge is -2.22. The molecule has 1 radical (unpaired) electrons. The molecule has 1 aromatic carbocycles. The molecule has 0 aliphatic heterocycles. The zero-order valence-electron chi connectivity index (χ0n) is 8.76. The molecule has 0 heterocycles. The van der Waals surface area contributed by atoms with Crippen LogP contribution in [0.3, 0.4) is 0 Å². The van der Waals surface area contributed by atoms with Gasteiger partial charge in [0.2, 0.25) is 0 Å². The number of hydrogen-bond acceptors (Lipinski definition) is 0. The van der Waals surface area contributed by atoms with Crippen LogP contribution in [-0.4, -0.2) is 0 Å². The van der Waals surface area contributed by atoms with Crippen LogP contribution in [0.1, 0.15) is 25.8 Å². The van der Waals surface area contributed by atoms with E-state index in [1.807, 2.05) is 12.1 Å². The van der Waals surface area contributed by atoms with Crippen molar-refractivity contribution in [3.63, 3.8) is 0 Å². The maximum atomic E-state index is 12.6. The molecule has 0 nitrogen and oxygen atoms in total. The second-order valence-electron chi connectivity index (χ2n) is 4.41. The summed E-state index contributed by atoms with van der Waals surface area (Å²) in [6.07, 6.45) is 3.47. The lowest BCUT2D eigenvalue weighted by molar-refractivity contribution is 0.368. The van der Waals surface area contributed by atoms with E-state index < -0.39 is 0 Å². The molecule has 0 atom stereocenters. The number of hydrogen-bond donors (Lipinski definition) is 0. The fraction of sp³-hybridized carbons (Fsp3) is 0.385. The lowest BCUT2D eigenvalue weighted by Crippen LogP contribution is -2.13. The first kappa shape index (κ1) is 11.0. The Morgan fingerprint density at radius 3 is 2.36 bits per heavy atom. The van der Waals surface area contributed by atoms with Crippen LogP contribution in [0, 0.1) is 17.8 Å². The van der Waals surface area contributed by atoms with Gasteiger partial charge >= 0.3 is 0 Å². The highest BCUT2D eigenvalue weighted by atomic mass is 19.1. The van der Waals surface area contributed by atoms with Gasteiger partial charge < -0.3 is 0 Å². The van der Waals surface area contributed by atoms with Gasteiger partial charge in [0.05, 0.1) is 0 Å². The van der Waals surface area contributed by atoms with Crippen LogP contribution in [0.15, 0.2) is 30.3 Å². The van der Waals surface area contributed by atoms with Gasteiger partial charge in [0.15, 0.2) is 0 Å². The average molecular weight is 191 g/mol. The summed E-state index contributed by atoms with van der Waals surface area (Å²) in [7, 11) is 0. The first-order valence-electron chi connectivity index (χ1n) is 4.81. The minimum Gasteiger partial charge on any atom is -0.207 e. The normalized spacial score (nSPS) is 11.4. The van der Waals surface area contributed by atoms with Gasteiger partial charge in [-0.05, 0) is 36.0 Å². The average Bonchev–Trinajstić information content (AvgIpc) is 2.08. The summed E-state index contributed by atoms with van der Waals surface area (Å²) in [5.74, 6) is -0.183. The second-order valence-corrected chi connectivity index (χ2v) is 4.41. The molecule has 0 saturated carbocycles. The molecule has 0 bridgehead atoms. The minimum atomic E-state index is -0.183. The van der Waals surface area contributed by atoms with Crippen molar-refractivity contribution in [2.75, 3.05) is 0 Å². The lowest BCUT2D eigenvalue weighted by atomic mass is 9.83. The van der Waals surface area contributed by atoms with Crippen LogP contribution in [0.25, 0.3) is 0 Å². The van der Waals surface area contributed by atoms with E-state index in [2.05, 4.69) is 13.8 Å². The summed E-state index contributed by atoms with van der Waals surface area (Å²) < 4.78 is 12.6. The molecule has 14 heavy (non-hydrogen) atoms. The molecule has 0 aromatic heterocycles. The van der Waals surface area contributed by atoms with E-state index in [9.17, 15) is 4.39 Å². The maximum Gasteiger partial charge on any atom is 0.123 e. The SMILES string of the molecule is [CH]=CCC(C)(C)Cc1ccc(F)cc1. The molecule has 0 fully saturated rings. The summed E-state index contributed by atoms with van der Waals surface area (Å²) >= 11 is 0. The highest BCUT2D eigenvalue weighted by Gasteiger charge is 2.16. The van der Waals surface area contributed by atoms with E-state index in [0.29, 0.717) is 0 Å². The number of halogens is 1. The zero-order valence-corrected chi connectivity index (χ0v) is 8.76. The van der Waals surface area contributed by atoms with Gasteiger partial charge in [-0.2, -0.15) is 0 Å². The molecule has 1 heteroatoms. The molecule has 0 saturated heterocycles. The van der Waals surface area contributed by atoms with Crippen molar-refractivity contribution in [1.82, 2.24) is 0 Å². The third kappa shape index (κ3) is 3.33. The predicted molar refractivity (Wildman–Crippen MR) is 57.4 cm³/mol. The van der Waals surface area contributed by atoms with Crippen molar-refractivity contribution in [2.45, 2.75) is 26.7 Å². The monoisotopic (exact) mass is 191 g/mol. The van der Waals surface area contributed by atoms with E-state index in [1.54, 1.807) is 6.08 Å². The van der Waals surface area contributed by atoms with Crippen molar-refractivity contribution in [2.24, 2.45) is 5.41 Å². The van der Waals surface area contributed by atoms with Crippen LogP contribution >= 0.6 is 0 Å². The number of allylic oxidation sites excluding steroid dienone is 1. The number of benzene rings is 1. The fourth-order valence-electron chi connectivity index (χ4n) is 1.55. The Balaban J connectivity index is 2.68. The molecule has 0 amide bonds. The Labute approximate surface area is 85.5 Å². The first-order valence-corrected chi connectivity index (χ1v) is 4.81. The van der Waals surface area contributed by atoms with Gasteiger partial charge in [0.25, 0.3) is 0 Å². The molecule has 0 unspecified atom stereocenters. The highest BCUT2D eigenvalue weighted by Crippen LogP contribution is 2.26. The standard InChI is InChI=1S/C13H16F/c1-4-9-13(2,3)10-11-5-7-12(14)8-6-11/h1,4-8H,9-10H2,2-3H3. The van der Waals surface area contributed by atoms with Gasteiger partial charge in [-0.1, -0.05) is 38.6 Å². The van der Waals surface area contributed by atoms with E-state index in [1.165, 1.54) is 12.1 Å². The summed E-state index contributed by atoms with van der Waals surface area (Å²) in [6.45, 7) is 9.71. The maximum absolute atomic E-state index is 12.6. The van der Waals surface area contributed by atoms with Gasteiger partial charge in [0, 0.05) is 0 Å². The van der Waals surface area contributed by atoms with Crippen LogP contribution < -0.4 is 0 Å². The molecular weight excluding hydrogens is 175 g/mol. The Bertz CT molecular complexity index is 296. The van der Waals surface area contributed by atoms with Crippen molar-refractivity contribution in [3.05, 3.63) is 48.3 Å². The highest BCUT2D eigenvalue weighted by molar-refractivity contribution is 5.17. The van der Waals surface area contributed by atoms with Crippen molar-refractivity contribution >= 4 is 0 Å². The molecule has 0 aliphatic carbocycles. The van der Waals surface area contributed by atoms with Gasteiger partial charge in [-0.3, -0.25) is 0 Å². The van der Waals surface area contributed by atoms with Crippen LogP contribution in [0.5, 0.6) is 0 Å². The van der Waals surface area contributed by atoms with Gasteiger partial charge in [-0.25, -0.2) is 4.39 Å². The fourth-order valence-corrected chi connectivity index (χ4v) is 1.55. The molecule has 1 aromatic rings. The van der Waals surface area contributed by atoms with Crippen LogP contribution in [0.2, 0.25) is 0 Å². The molecule has 1 rings (SSSR count). The van der Waals surface area contributed by atoms with Crippen molar-refractivity contribution in [1.29, 1.82) is 0 Å². The molecule has 0 aliphatic rings. The van der Waals surface area contributed by atoms with E-state index in [-0.39, 0.29) is 11.2 Å². The van der Waals surface area contributed by atoms with E-state index in [0.717, 1.165) is 18.4 Å². The third-order valence-electron chi connectivity index (χ3n) is 2.27. The van der Waals surface area contributed by atoms with Gasteiger partial charge in [0.1, 0.15) is 5.82 Å². The van der Waals surface area contributed by atoms with E-state index in [4.69, 9.17) is 6.58 Å². The van der Waals surface area contributed by atoms with Crippen LogP contribution in [-0.2, 0) is 6.42 Å². The summed E-state index contributed by atoms with van der Waals surface area (Å²) in [5, 5.41) is 0. The minimum absolute atomic E-state index is 0.145. The summed E-state index contributed by atoms with van der Waals surface area (Å²) in [4.78, 5) is 0. The Morgan fingerprint density at radius 2 is 1.86 bits per heavy atom. The zero-order chi connectivity index (χ0) is 10.6. The molecule has 0 N–H and O–H groups in total. The summed E-state index contributed by atoms with van der Waals surface area (Å²) in [6, 6.07) is 6.65.